The van der Waals surface area contributed by atoms with Gasteiger partial charge in [-0.1, -0.05) is 6.92 Å². The molecular weight excluding hydrogens is 228 g/mol. The molecule has 2 nitrogen and oxygen atoms in total. The van der Waals surface area contributed by atoms with Crippen LogP contribution >= 0.6 is 11.3 Å². The van der Waals surface area contributed by atoms with E-state index in [0.717, 1.165) is 13.0 Å². The highest BCUT2D eigenvalue weighted by atomic mass is 32.1. The SMILES string of the molecule is CCNC(Cc1ccncc1)c1csc(C)c1. The third kappa shape index (κ3) is 3.38. The number of thiophene rings is 1. The summed E-state index contributed by atoms with van der Waals surface area (Å²) < 4.78 is 0. The first kappa shape index (κ1) is 12.3. The molecule has 90 valence electrons. The number of nitrogens with zero attached hydrogens (tertiary/aromatic N) is 1. The van der Waals surface area contributed by atoms with E-state index < -0.39 is 0 Å². The molecule has 2 aromatic rings. The molecule has 2 rings (SSSR count). The average Bonchev–Trinajstić information content (AvgIpc) is 2.77. The van der Waals surface area contributed by atoms with Crippen molar-refractivity contribution in [2.45, 2.75) is 26.3 Å². The van der Waals surface area contributed by atoms with Gasteiger partial charge in [0.15, 0.2) is 0 Å². The summed E-state index contributed by atoms with van der Waals surface area (Å²) in [6, 6.07) is 6.86. The Bertz CT molecular complexity index is 450. The predicted molar refractivity (Wildman–Crippen MR) is 73.4 cm³/mol. The average molecular weight is 246 g/mol. The first-order valence-electron chi connectivity index (χ1n) is 5.97. The highest BCUT2D eigenvalue weighted by Gasteiger charge is 2.12. The lowest BCUT2D eigenvalue weighted by atomic mass is 10.0. The maximum absolute atomic E-state index is 4.06. The summed E-state index contributed by atoms with van der Waals surface area (Å²) in [7, 11) is 0. The molecule has 0 bridgehead atoms. The third-order valence-electron chi connectivity index (χ3n) is 2.79. The van der Waals surface area contributed by atoms with Crippen molar-refractivity contribution in [1.82, 2.24) is 10.3 Å². The fourth-order valence-electron chi connectivity index (χ4n) is 1.96. The van der Waals surface area contributed by atoms with E-state index in [4.69, 9.17) is 0 Å². The Morgan fingerprint density at radius 3 is 2.71 bits per heavy atom. The van der Waals surface area contributed by atoms with Crippen LogP contribution in [0.25, 0.3) is 0 Å². The first-order valence-corrected chi connectivity index (χ1v) is 6.85. The quantitative estimate of drug-likeness (QED) is 0.875. The molecule has 2 heterocycles. The van der Waals surface area contributed by atoms with Crippen molar-refractivity contribution >= 4 is 11.3 Å². The molecule has 0 aromatic carbocycles. The zero-order chi connectivity index (χ0) is 12.1. The molecule has 0 spiro atoms. The molecule has 0 fully saturated rings. The Hall–Kier alpha value is -1.19. The van der Waals surface area contributed by atoms with Gasteiger partial charge in [0, 0.05) is 23.3 Å². The molecule has 0 radical (unpaired) electrons. The van der Waals surface area contributed by atoms with E-state index in [0.29, 0.717) is 6.04 Å². The van der Waals surface area contributed by atoms with Gasteiger partial charge in [0.1, 0.15) is 0 Å². The number of pyridine rings is 1. The molecule has 17 heavy (non-hydrogen) atoms. The number of aryl methyl sites for hydroxylation is 1. The number of hydrogen-bond acceptors (Lipinski definition) is 3. The molecular formula is C14H18N2S. The molecule has 1 N–H and O–H groups in total. The third-order valence-corrected chi connectivity index (χ3v) is 3.67. The second kappa shape index (κ2) is 5.94. The van der Waals surface area contributed by atoms with Crippen molar-refractivity contribution in [3.8, 4) is 0 Å². The van der Waals surface area contributed by atoms with Crippen molar-refractivity contribution in [2.75, 3.05) is 6.54 Å². The Morgan fingerprint density at radius 2 is 2.12 bits per heavy atom. The maximum Gasteiger partial charge on any atom is 0.0369 e. The molecule has 0 aliphatic heterocycles. The summed E-state index contributed by atoms with van der Waals surface area (Å²) in [4.78, 5) is 5.43. The van der Waals surface area contributed by atoms with Gasteiger partial charge in [-0.05, 0) is 54.6 Å². The number of rotatable bonds is 5. The highest BCUT2D eigenvalue weighted by Crippen LogP contribution is 2.23. The second-order valence-corrected chi connectivity index (χ2v) is 5.28. The summed E-state index contributed by atoms with van der Waals surface area (Å²) in [5, 5.41) is 5.80. The topological polar surface area (TPSA) is 24.9 Å². The van der Waals surface area contributed by atoms with E-state index in [-0.39, 0.29) is 0 Å². The number of nitrogens with one attached hydrogen (secondary N) is 1. The smallest absolute Gasteiger partial charge is 0.0369 e. The van der Waals surface area contributed by atoms with E-state index in [2.05, 4.69) is 47.7 Å². The zero-order valence-electron chi connectivity index (χ0n) is 10.3. The van der Waals surface area contributed by atoms with Gasteiger partial charge in [-0.25, -0.2) is 0 Å². The molecule has 2 aromatic heterocycles. The molecule has 0 saturated carbocycles. The van der Waals surface area contributed by atoms with E-state index in [1.165, 1.54) is 16.0 Å². The van der Waals surface area contributed by atoms with Crippen LogP contribution in [0.4, 0.5) is 0 Å². The lowest BCUT2D eigenvalue weighted by Crippen LogP contribution is -2.22. The summed E-state index contributed by atoms with van der Waals surface area (Å²) in [6.45, 7) is 5.30. The van der Waals surface area contributed by atoms with Gasteiger partial charge in [0.2, 0.25) is 0 Å². The zero-order valence-corrected chi connectivity index (χ0v) is 11.1. The monoisotopic (exact) mass is 246 g/mol. The highest BCUT2D eigenvalue weighted by molar-refractivity contribution is 7.10. The first-order chi connectivity index (χ1) is 8.29. The molecule has 1 unspecified atom stereocenters. The van der Waals surface area contributed by atoms with Crippen molar-refractivity contribution in [3.05, 3.63) is 52.0 Å². The number of aromatic nitrogens is 1. The number of hydrogen-bond donors (Lipinski definition) is 1. The second-order valence-electron chi connectivity index (χ2n) is 4.16. The molecule has 0 amide bonds. The molecule has 1 atom stereocenters. The van der Waals surface area contributed by atoms with Gasteiger partial charge in [-0.15, -0.1) is 11.3 Å². The largest absolute Gasteiger partial charge is 0.310 e. The van der Waals surface area contributed by atoms with Gasteiger partial charge in [-0.3, -0.25) is 4.98 Å². The van der Waals surface area contributed by atoms with Crippen LogP contribution in [0.1, 0.15) is 29.0 Å². The standard InChI is InChI=1S/C14H18N2S/c1-3-16-14(13-8-11(2)17-10-13)9-12-4-6-15-7-5-12/h4-8,10,14,16H,3,9H2,1-2H3. The van der Waals surface area contributed by atoms with Gasteiger partial charge >= 0.3 is 0 Å². The minimum Gasteiger partial charge on any atom is -0.310 e. The lowest BCUT2D eigenvalue weighted by molar-refractivity contribution is 0.551. The normalized spacial score (nSPS) is 12.6. The van der Waals surface area contributed by atoms with Gasteiger partial charge in [0.25, 0.3) is 0 Å². The minimum absolute atomic E-state index is 0.410. The Balaban J connectivity index is 2.13. The Labute approximate surface area is 107 Å². The van der Waals surface area contributed by atoms with Gasteiger partial charge in [0.05, 0.1) is 0 Å². The van der Waals surface area contributed by atoms with E-state index in [9.17, 15) is 0 Å². The summed E-state index contributed by atoms with van der Waals surface area (Å²) in [5.41, 5.74) is 2.72. The van der Waals surface area contributed by atoms with Crippen LogP contribution in [0.3, 0.4) is 0 Å². The fourth-order valence-corrected chi connectivity index (χ4v) is 2.71. The summed E-state index contributed by atoms with van der Waals surface area (Å²) in [6.07, 6.45) is 4.74. The van der Waals surface area contributed by atoms with E-state index in [1.54, 1.807) is 0 Å². The van der Waals surface area contributed by atoms with Crippen molar-refractivity contribution in [3.63, 3.8) is 0 Å². The van der Waals surface area contributed by atoms with Crippen LogP contribution in [0.15, 0.2) is 36.0 Å². The van der Waals surface area contributed by atoms with Crippen molar-refractivity contribution < 1.29 is 0 Å². The van der Waals surface area contributed by atoms with Crippen molar-refractivity contribution in [2.24, 2.45) is 0 Å². The van der Waals surface area contributed by atoms with Crippen LogP contribution in [-0.2, 0) is 6.42 Å². The van der Waals surface area contributed by atoms with Crippen LogP contribution in [0.2, 0.25) is 0 Å². The lowest BCUT2D eigenvalue weighted by Gasteiger charge is -2.16. The van der Waals surface area contributed by atoms with Gasteiger partial charge in [-0.2, -0.15) is 0 Å². The van der Waals surface area contributed by atoms with Crippen LogP contribution < -0.4 is 5.32 Å². The predicted octanol–water partition coefficient (Wildman–Crippen LogP) is 3.34. The Kier molecular flexibility index (Phi) is 4.29. The number of likely N-dealkylation sites (N-methyl/N-ethyl adjacent to an activating group) is 1. The van der Waals surface area contributed by atoms with Gasteiger partial charge < -0.3 is 5.32 Å². The van der Waals surface area contributed by atoms with E-state index >= 15 is 0 Å². The maximum atomic E-state index is 4.06. The van der Waals surface area contributed by atoms with Crippen LogP contribution in [0, 0.1) is 6.92 Å². The molecule has 0 aliphatic rings. The van der Waals surface area contributed by atoms with Crippen LogP contribution in [-0.4, -0.2) is 11.5 Å². The molecule has 0 aliphatic carbocycles. The van der Waals surface area contributed by atoms with Crippen molar-refractivity contribution in [1.29, 1.82) is 0 Å². The van der Waals surface area contributed by atoms with E-state index in [1.807, 2.05) is 23.7 Å². The minimum atomic E-state index is 0.410. The fraction of sp³-hybridized carbons (Fsp3) is 0.357. The van der Waals surface area contributed by atoms with Crippen LogP contribution in [0.5, 0.6) is 0 Å². The Morgan fingerprint density at radius 1 is 1.35 bits per heavy atom. The summed E-state index contributed by atoms with van der Waals surface area (Å²) in [5.74, 6) is 0. The summed E-state index contributed by atoms with van der Waals surface area (Å²) >= 11 is 1.82. The molecule has 3 heteroatoms. The molecule has 0 saturated heterocycles.